The van der Waals surface area contributed by atoms with Gasteiger partial charge in [0.25, 0.3) is 0 Å². The Hall–Kier alpha value is -1.56. The van der Waals surface area contributed by atoms with E-state index in [9.17, 15) is 10.2 Å². The van der Waals surface area contributed by atoms with Crippen molar-refractivity contribution in [2.24, 2.45) is 0 Å². The molecule has 2 fully saturated rings. The number of hydrogen-bond acceptors (Lipinski definition) is 5. The minimum atomic E-state index is -0.825. The van der Waals surface area contributed by atoms with Gasteiger partial charge in [0.15, 0.2) is 11.5 Å². The van der Waals surface area contributed by atoms with Crippen molar-refractivity contribution in [2.75, 3.05) is 19.6 Å². The number of nitrogens with zero attached hydrogens (tertiary/aromatic N) is 1. The molecule has 2 heterocycles. The van der Waals surface area contributed by atoms with Crippen LogP contribution < -0.4 is 10.1 Å². The number of benzene rings is 1. The lowest BCUT2D eigenvalue weighted by molar-refractivity contribution is -0.189. The van der Waals surface area contributed by atoms with Crippen molar-refractivity contribution in [3.8, 4) is 11.5 Å². The Bertz CT molecular complexity index is 796. The fourth-order valence-electron chi connectivity index (χ4n) is 6.69. The Kier molecular flexibility index (Phi) is 4.27. The molecule has 2 aliphatic carbocycles. The van der Waals surface area contributed by atoms with E-state index < -0.39 is 11.0 Å². The standard InChI is InChI=1S/C23H32N2O3/c1-3-5-11-24-16-8-9-23(27)18-14-15-6-7-17(26)20-19(15)22(23,21(16)28-20)10-13-25(18)12-4-2/h4,6-7,16,18,21,24,26-27H,2-3,5,8-14H2,1H3/t16?,18-,21?,22+,23-/m1/s1. The SMILES string of the molecule is C=CCN1CC[C@]23c4c5ccc(O)c4OC2C(NCCCC)CC[C@@]3(O)[C@H]1C5. The summed E-state index contributed by atoms with van der Waals surface area (Å²) in [5.41, 5.74) is 1.07. The Morgan fingerprint density at radius 1 is 1.39 bits per heavy atom. The second-order valence-electron chi connectivity index (χ2n) is 9.09. The van der Waals surface area contributed by atoms with Crippen LogP contribution in [0.1, 0.15) is 50.2 Å². The van der Waals surface area contributed by atoms with Crippen LogP contribution in [0.25, 0.3) is 0 Å². The lowest BCUT2D eigenvalue weighted by atomic mass is 9.48. The summed E-state index contributed by atoms with van der Waals surface area (Å²) in [5.74, 6) is 0.838. The number of phenols is 1. The second-order valence-corrected chi connectivity index (χ2v) is 9.09. The molecule has 1 aromatic rings. The summed E-state index contributed by atoms with van der Waals surface area (Å²) in [4.78, 5) is 2.40. The van der Waals surface area contributed by atoms with Gasteiger partial charge in [0, 0.05) is 24.2 Å². The normalized spacial score (nSPS) is 38.0. The molecule has 0 amide bonds. The van der Waals surface area contributed by atoms with E-state index in [0.717, 1.165) is 63.7 Å². The van der Waals surface area contributed by atoms with Gasteiger partial charge in [-0.2, -0.15) is 0 Å². The van der Waals surface area contributed by atoms with Crippen LogP contribution in [0.3, 0.4) is 0 Å². The van der Waals surface area contributed by atoms with Crippen molar-refractivity contribution < 1.29 is 14.9 Å². The minimum absolute atomic E-state index is 0.0740. The number of nitrogens with one attached hydrogen (secondary N) is 1. The molecule has 1 saturated heterocycles. The Labute approximate surface area is 167 Å². The molecule has 152 valence electrons. The van der Waals surface area contributed by atoms with Crippen molar-refractivity contribution in [3.63, 3.8) is 0 Å². The molecule has 5 heteroatoms. The number of likely N-dealkylation sites (tertiary alicyclic amines) is 1. The molecule has 2 unspecified atom stereocenters. The van der Waals surface area contributed by atoms with Gasteiger partial charge in [-0.3, -0.25) is 4.90 Å². The quantitative estimate of drug-likeness (QED) is 0.520. The van der Waals surface area contributed by atoms with Crippen LogP contribution in [0.5, 0.6) is 11.5 Å². The van der Waals surface area contributed by atoms with Crippen LogP contribution >= 0.6 is 0 Å². The molecule has 4 aliphatic rings. The van der Waals surface area contributed by atoms with Crippen LogP contribution in [0.15, 0.2) is 24.8 Å². The molecule has 1 saturated carbocycles. The lowest BCUT2D eigenvalue weighted by Gasteiger charge is -2.64. The van der Waals surface area contributed by atoms with E-state index in [1.807, 2.05) is 12.1 Å². The van der Waals surface area contributed by atoms with Crippen LogP contribution in [-0.4, -0.2) is 58.5 Å². The number of aliphatic hydroxyl groups is 1. The second kappa shape index (κ2) is 6.48. The van der Waals surface area contributed by atoms with Gasteiger partial charge in [-0.25, -0.2) is 0 Å². The molecular formula is C23H32N2O3. The van der Waals surface area contributed by atoms with E-state index in [-0.39, 0.29) is 23.9 Å². The molecule has 28 heavy (non-hydrogen) atoms. The number of unbranched alkanes of at least 4 members (excludes halogenated alkanes) is 1. The first kappa shape index (κ1) is 18.5. The average Bonchev–Trinajstić information content (AvgIpc) is 3.03. The molecule has 1 aromatic carbocycles. The van der Waals surface area contributed by atoms with Crippen molar-refractivity contribution in [2.45, 2.75) is 74.7 Å². The zero-order chi connectivity index (χ0) is 19.5. The topological polar surface area (TPSA) is 65.0 Å². The first-order valence-electron chi connectivity index (χ1n) is 10.9. The molecular weight excluding hydrogens is 352 g/mol. The highest BCUT2D eigenvalue weighted by atomic mass is 16.5. The van der Waals surface area contributed by atoms with Crippen molar-refractivity contribution >= 4 is 0 Å². The van der Waals surface area contributed by atoms with Gasteiger partial charge in [0.05, 0.1) is 11.0 Å². The minimum Gasteiger partial charge on any atom is -0.504 e. The average molecular weight is 385 g/mol. The van der Waals surface area contributed by atoms with Gasteiger partial charge in [-0.05, 0) is 56.8 Å². The molecule has 2 aliphatic heterocycles. The zero-order valence-corrected chi connectivity index (χ0v) is 16.8. The first-order valence-corrected chi connectivity index (χ1v) is 10.9. The largest absolute Gasteiger partial charge is 0.504 e. The Morgan fingerprint density at radius 3 is 3.04 bits per heavy atom. The van der Waals surface area contributed by atoms with Crippen molar-refractivity contribution in [3.05, 3.63) is 35.9 Å². The molecule has 0 aromatic heterocycles. The summed E-state index contributed by atoms with van der Waals surface area (Å²) < 4.78 is 6.50. The predicted octanol–water partition coefficient (Wildman–Crippen LogP) is 2.49. The summed E-state index contributed by atoms with van der Waals surface area (Å²) in [7, 11) is 0. The van der Waals surface area contributed by atoms with Crippen LogP contribution in [-0.2, 0) is 11.8 Å². The number of hydrogen-bond donors (Lipinski definition) is 3. The molecule has 2 bridgehead atoms. The molecule has 5 rings (SSSR count). The summed E-state index contributed by atoms with van der Waals surface area (Å²) in [6.07, 6.45) is 7.44. The van der Waals surface area contributed by atoms with E-state index in [0.29, 0.717) is 5.75 Å². The number of aromatic hydroxyl groups is 1. The van der Waals surface area contributed by atoms with E-state index in [2.05, 4.69) is 23.7 Å². The van der Waals surface area contributed by atoms with Crippen LogP contribution in [0.4, 0.5) is 0 Å². The highest BCUT2D eigenvalue weighted by Gasteiger charge is 2.72. The fourth-order valence-corrected chi connectivity index (χ4v) is 6.69. The van der Waals surface area contributed by atoms with Gasteiger partial charge >= 0.3 is 0 Å². The summed E-state index contributed by atoms with van der Waals surface area (Å²) in [5, 5.41) is 26.5. The summed E-state index contributed by atoms with van der Waals surface area (Å²) >= 11 is 0. The van der Waals surface area contributed by atoms with Gasteiger partial charge in [-0.15, -0.1) is 6.58 Å². The molecule has 5 nitrogen and oxygen atoms in total. The van der Waals surface area contributed by atoms with Crippen LogP contribution in [0.2, 0.25) is 0 Å². The van der Waals surface area contributed by atoms with Crippen LogP contribution in [0, 0.1) is 0 Å². The van der Waals surface area contributed by atoms with Crippen molar-refractivity contribution in [1.29, 1.82) is 0 Å². The molecule has 3 N–H and O–H groups in total. The maximum Gasteiger partial charge on any atom is 0.165 e. The number of phenolic OH excluding ortho intramolecular Hbond substituents is 1. The third-order valence-corrected chi connectivity index (χ3v) is 7.87. The fraction of sp³-hybridized carbons (Fsp3) is 0.652. The van der Waals surface area contributed by atoms with E-state index >= 15 is 0 Å². The van der Waals surface area contributed by atoms with Crippen molar-refractivity contribution in [1.82, 2.24) is 10.2 Å². The molecule has 0 radical (unpaired) electrons. The van der Waals surface area contributed by atoms with E-state index in [4.69, 9.17) is 4.74 Å². The third-order valence-electron chi connectivity index (χ3n) is 7.87. The lowest BCUT2D eigenvalue weighted by Crippen LogP contribution is -2.78. The summed E-state index contributed by atoms with van der Waals surface area (Å²) in [6, 6.07) is 4.08. The third kappa shape index (κ3) is 2.18. The Morgan fingerprint density at radius 2 is 2.25 bits per heavy atom. The van der Waals surface area contributed by atoms with E-state index in [1.165, 1.54) is 5.56 Å². The zero-order valence-electron chi connectivity index (χ0n) is 16.8. The summed E-state index contributed by atoms with van der Waals surface area (Å²) in [6.45, 7) is 8.82. The van der Waals surface area contributed by atoms with Gasteiger partial charge < -0.3 is 20.3 Å². The molecule has 1 spiro atoms. The van der Waals surface area contributed by atoms with Gasteiger partial charge in [0.2, 0.25) is 0 Å². The van der Waals surface area contributed by atoms with Gasteiger partial charge in [-0.1, -0.05) is 25.5 Å². The highest BCUT2D eigenvalue weighted by molar-refractivity contribution is 5.62. The monoisotopic (exact) mass is 384 g/mol. The highest BCUT2D eigenvalue weighted by Crippen LogP contribution is 2.65. The predicted molar refractivity (Wildman–Crippen MR) is 109 cm³/mol. The number of rotatable bonds is 6. The maximum absolute atomic E-state index is 12.2. The first-order chi connectivity index (χ1) is 13.6. The Balaban J connectivity index is 1.63. The van der Waals surface area contributed by atoms with E-state index in [1.54, 1.807) is 6.07 Å². The molecule has 5 atom stereocenters. The maximum atomic E-state index is 12.2. The number of ether oxygens (including phenoxy) is 1. The number of piperidine rings is 1. The smallest absolute Gasteiger partial charge is 0.165 e. The van der Waals surface area contributed by atoms with Gasteiger partial charge in [0.1, 0.15) is 6.10 Å².